The molecule has 6 heteroatoms. The highest BCUT2D eigenvalue weighted by molar-refractivity contribution is 9.10. The fraction of sp³-hybridized carbons (Fsp3) is 0.500. The smallest absolute Gasteiger partial charge is 0.308 e. The number of nitrogens with one attached hydrogen (secondary N) is 1. The van der Waals surface area contributed by atoms with Crippen LogP contribution in [0.15, 0.2) is 22.7 Å². The Hall–Kier alpha value is -1.40. The van der Waals surface area contributed by atoms with Gasteiger partial charge in [0.25, 0.3) is 5.91 Å². The topological polar surface area (TPSA) is 75.6 Å². The summed E-state index contributed by atoms with van der Waals surface area (Å²) in [5, 5.41) is 12.1. The maximum atomic E-state index is 12.2. The van der Waals surface area contributed by atoms with Crippen molar-refractivity contribution in [2.24, 2.45) is 11.8 Å². The second-order valence-corrected chi connectivity index (χ2v) is 6.44. The Morgan fingerprint density at radius 1 is 1.41 bits per heavy atom. The zero-order valence-electron chi connectivity index (χ0n) is 12.5. The molecule has 5 nitrogen and oxygen atoms in total. The number of benzene rings is 1. The van der Waals surface area contributed by atoms with Gasteiger partial charge in [0.15, 0.2) is 0 Å². The van der Waals surface area contributed by atoms with Crippen LogP contribution in [0.5, 0.6) is 0 Å². The van der Waals surface area contributed by atoms with Crippen LogP contribution < -0.4 is 5.32 Å². The predicted molar refractivity (Wildman–Crippen MR) is 85.9 cm³/mol. The van der Waals surface area contributed by atoms with Crippen LogP contribution in [-0.4, -0.2) is 36.7 Å². The van der Waals surface area contributed by atoms with E-state index in [4.69, 9.17) is 4.74 Å². The van der Waals surface area contributed by atoms with Crippen LogP contribution in [-0.2, 0) is 9.53 Å². The summed E-state index contributed by atoms with van der Waals surface area (Å²) < 4.78 is 5.98. The predicted octanol–water partition coefficient (Wildman–Crippen LogP) is 2.61. The number of aryl methyl sites for hydroxylation is 1. The lowest BCUT2D eigenvalue weighted by Crippen LogP contribution is -2.39. The van der Waals surface area contributed by atoms with Crippen molar-refractivity contribution in [1.82, 2.24) is 5.32 Å². The Kier molecular flexibility index (Phi) is 5.97. The number of hydrogen-bond acceptors (Lipinski definition) is 3. The minimum Gasteiger partial charge on any atom is -0.481 e. The minimum atomic E-state index is -0.866. The van der Waals surface area contributed by atoms with Crippen LogP contribution in [0.4, 0.5) is 0 Å². The largest absolute Gasteiger partial charge is 0.481 e. The number of carboxylic acid groups (broad SMARTS) is 1. The van der Waals surface area contributed by atoms with Crippen LogP contribution in [0.3, 0.4) is 0 Å². The molecule has 0 bridgehead atoms. The molecule has 120 valence electrons. The van der Waals surface area contributed by atoms with E-state index in [0.717, 1.165) is 18.4 Å². The number of carbonyl (C=O) groups is 2. The molecule has 0 saturated carbocycles. The van der Waals surface area contributed by atoms with Gasteiger partial charge in [-0.15, -0.1) is 0 Å². The lowest BCUT2D eigenvalue weighted by molar-refractivity contribution is -0.144. The molecule has 0 spiro atoms. The Labute approximate surface area is 138 Å². The first-order valence-corrected chi connectivity index (χ1v) is 8.13. The lowest BCUT2D eigenvalue weighted by Gasteiger charge is -2.27. The summed E-state index contributed by atoms with van der Waals surface area (Å²) in [7, 11) is 0. The summed E-state index contributed by atoms with van der Waals surface area (Å²) in [4.78, 5) is 23.7. The minimum absolute atomic E-state index is 0.0491. The van der Waals surface area contributed by atoms with Crippen molar-refractivity contribution >= 4 is 27.8 Å². The normalized spacial score (nSPS) is 17.0. The molecule has 1 amide bonds. The zero-order chi connectivity index (χ0) is 16.1. The van der Waals surface area contributed by atoms with E-state index in [0.29, 0.717) is 23.2 Å². The third kappa shape index (κ3) is 4.30. The van der Waals surface area contributed by atoms with E-state index in [1.54, 1.807) is 6.07 Å². The zero-order valence-corrected chi connectivity index (χ0v) is 14.1. The van der Waals surface area contributed by atoms with Crippen molar-refractivity contribution in [3.8, 4) is 0 Å². The van der Waals surface area contributed by atoms with Crippen molar-refractivity contribution in [3.63, 3.8) is 0 Å². The second kappa shape index (κ2) is 7.74. The van der Waals surface area contributed by atoms with Gasteiger partial charge in [0, 0.05) is 24.2 Å². The molecule has 0 aromatic heterocycles. The van der Waals surface area contributed by atoms with E-state index in [1.165, 1.54) is 0 Å². The summed E-state index contributed by atoms with van der Waals surface area (Å²) in [6, 6.07) is 5.45. The average molecular weight is 370 g/mol. The summed E-state index contributed by atoms with van der Waals surface area (Å²) in [6.45, 7) is 3.26. The fourth-order valence-electron chi connectivity index (χ4n) is 2.68. The third-order valence-electron chi connectivity index (χ3n) is 4.00. The Morgan fingerprint density at radius 3 is 2.68 bits per heavy atom. The molecular formula is C16H20BrNO4. The molecule has 2 rings (SSSR count). The van der Waals surface area contributed by atoms with Gasteiger partial charge in [-0.05, 0) is 59.3 Å². The van der Waals surface area contributed by atoms with E-state index >= 15 is 0 Å². The van der Waals surface area contributed by atoms with Gasteiger partial charge in [-0.3, -0.25) is 9.59 Å². The first kappa shape index (κ1) is 17.0. The van der Waals surface area contributed by atoms with Gasteiger partial charge < -0.3 is 15.2 Å². The Bertz CT molecular complexity index is 555. The van der Waals surface area contributed by atoms with Crippen molar-refractivity contribution in [1.29, 1.82) is 0 Å². The molecule has 0 radical (unpaired) electrons. The summed E-state index contributed by atoms with van der Waals surface area (Å²) in [5.74, 6) is -1.65. The maximum absolute atomic E-state index is 12.2. The van der Waals surface area contributed by atoms with E-state index in [9.17, 15) is 14.7 Å². The molecule has 1 unspecified atom stereocenters. The van der Waals surface area contributed by atoms with Crippen LogP contribution in [0.2, 0.25) is 0 Å². The van der Waals surface area contributed by atoms with Crippen molar-refractivity contribution in [3.05, 3.63) is 33.8 Å². The van der Waals surface area contributed by atoms with Gasteiger partial charge in [-0.25, -0.2) is 0 Å². The molecule has 0 aliphatic carbocycles. The van der Waals surface area contributed by atoms with Gasteiger partial charge in [0.05, 0.1) is 11.5 Å². The van der Waals surface area contributed by atoms with Gasteiger partial charge in [0.1, 0.15) is 0 Å². The van der Waals surface area contributed by atoms with Crippen molar-refractivity contribution in [2.45, 2.75) is 19.8 Å². The number of carbonyl (C=O) groups excluding carboxylic acids is 1. The number of aliphatic carboxylic acids is 1. The second-order valence-electron chi connectivity index (χ2n) is 5.59. The quantitative estimate of drug-likeness (QED) is 0.836. The molecule has 1 heterocycles. The van der Waals surface area contributed by atoms with E-state index in [1.807, 2.05) is 19.1 Å². The average Bonchev–Trinajstić information content (AvgIpc) is 2.48. The molecule has 1 fully saturated rings. The number of amides is 1. The highest BCUT2D eigenvalue weighted by Gasteiger charge is 2.30. The van der Waals surface area contributed by atoms with Gasteiger partial charge >= 0.3 is 5.97 Å². The van der Waals surface area contributed by atoms with E-state index < -0.39 is 11.9 Å². The first-order chi connectivity index (χ1) is 10.5. The number of carboxylic acids is 1. The number of rotatable bonds is 5. The SMILES string of the molecule is Cc1ccc(C(=O)NCC(C(=O)O)C2CCOCC2)c(Br)c1. The van der Waals surface area contributed by atoms with E-state index in [2.05, 4.69) is 21.2 Å². The molecule has 1 atom stereocenters. The first-order valence-electron chi connectivity index (χ1n) is 7.34. The molecule has 1 aromatic rings. The molecule has 1 aliphatic heterocycles. The van der Waals surface area contributed by atoms with Crippen LogP contribution in [0, 0.1) is 18.8 Å². The number of hydrogen-bond donors (Lipinski definition) is 2. The molecule has 22 heavy (non-hydrogen) atoms. The third-order valence-corrected chi connectivity index (χ3v) is 4.66. The molecule has 2 N–H and O–H groups in total. The monoisotopic (exact) mass is 369 g/mol. The van der Waals surface area contributed by atoms with Crippen LogP contribution in [0.25, 0.3) is 0 Å². The van der Waals surface area contributed by atoms with Crippen molar-refractivity contribution < 1.29 is 19.4 Å². The fourth-order valence-corrected chi connectivity index (χ4v) is 3.35. The molecular weight excluding hydrogens is 350 g/mol. The van der Waals surface area contributed by atoms with Crippen LogP contribution >= 0.6 is 15.9 Å². The van der Waals surface area contributed by atoms with Gasteiger partial charge in [-0.2, -0.15) is 0 Å². The lowest BCUT2D eigenvalue weighted by atomic mass is 9.86. The Balaban J connectivity index is 1.99. The van der Waals surface area contributed by atoms with E-state index in [-0.39, 0.29) is 18.4 Å². The summed E-state index contributed by atoms with van der Waals surface area (Å²) >= 11 is 3.37. The van der Waals surface area contributed by atoms with Crippen molar-refractivity contribution in [2.75, 3.05) is 19.8 Å². The molecule has 1 aliphatic rings. The number of halogens is 1. The summed E-state index contributed by atoms with van der Waals surface area (Å²) in [6.07, 6.45) is 1.45. The van der Waals surface area contributed by atoms with Gasteiger partial charge in [-0.1, -0.05) is 6.07 Å². The highest BCUT2D eigenvalue weighted by Crippen LogP contribution is 2.24. The van der Waals surface area contributed by atoms with Crippen LogP contribution in [0.1, 0.15) is 28.8 Å². The highest BCUT2D eigenvalue weighted by atomic mass is 79.9. The molecule has 1 aromatic carbocycles. The molecule has 1 saturated heterocycles. The maximum Gasteiger partial charge on any atom is 0.308 e. The summed E-state index contributed by atoms with van der Waals surface area (Å²) in [5.41, 5.74) is 1.57. The van der Waals surface area contributed by atoms with Gasteiger partial charge in [0.2, 0.25) is 0 Å². The Morgan fingerprint density at radius 2 is 2.09 bits per heavy atom. The number of ether oxygens (including phenoxy) is 1. The standard InChI is InChI=1S/C16H20BrNO4/c1-10-2-3-12(14(17)8-10)15(19)18-9-13(16(20)21)11-4-6-22-7-5-11/h2-3,8,11,13H,4-7,9H2,1H3,(H,18,19)(H,20,21).